The van der Waals surface area contributed by atoms with Crippen molar-refractivity contribution in [1.29, 1.82) is 0 Å². The van der Waals surface area contributed by atoms with Gasteiger partial charge in [-0.1, -0.05) is 30.4 Å². The second-order valence-corrected chi connectivity index (χ2v) is 9.20. The summed E-state index contributed by atoms with van der Waals surface area (Å²) in [5.74, 6) is -4.06. The number of piperidine rings is 1. The number of hydrogen-bond donors (Lipinski definition) is 0. The van der Waals surface area contributed by atoms with Crippen molar-refractivity contribution in [3.8, 4) is 0 Å². The number of nitrogens with zero attached hydrogens (tertiary/aromatic N) is 1. The fraction of sp³-hybridized carbons (Fsp3) is 0.444. The van der Waals surface area contributed by atoms with Gasteiger partial charge in [-0.15, -0.1) is 11.6 Å². The molecule has 1 aliphatic carbocycles. The molecule has 1 aromatic carbocycles. The van der Waals surface area contributed by atoms with E-state index in [1.807, 2.05) is 0 Å². The summed E-state index contributed by atoms with van der Waals surface area (Å²) in [5.41, 5.74) is -0.596. The maximum atomic E-state index is 13.3. The molecule has 3 rings (SSSR count). The van der Waals surface area contributed by atoms with E-state index in [4.69, 9.17) is 11.6 Å². The van der Waals surface area contributed by atoms with Gasteiger partial charge in [0.05, 0.1) is 10.3 Å². The van der Waals surface area contributed by atoms with Crippen molar-refractivity contribution < 1.29 is 30.4 Å². The Morgan fingerprint density at radius 3 is 2.18 bits per heavy atom. The van der Waals surface area contributed by atoms with Gasteiger partial charge in [-0.25, -0.2) is 17.2 Å². The highest BCUT2D eigenvalue weighted by Crippen LogP contribution is 2.43. The van der Waals surface area contributed by atoms with E-state index in [2.05, 4.69) is 0 Å². The SMILES string of the molecule is O=S(=O)(c1ccc(C2C(C(F)(F)F)=CC=CC2Cl)cc1)N1CCC(F)(F)CC1. The van der Waals surface area contributed by atoms with Gasteiger partial charge < -0.3 is 0 Å². The summed E-state index contributed by atoms with van der Waals surface area (Å²) in [4.78, 5) is -0.156. The molecule has 10 heteroatoms. The van der Waals surface area contributed by atoms with Gasteiger partial charge in [0, 0.05) is 37.4 Å². The molecule has 0 saturated carbocycles. The van der Waals surface area contributed by atoms with Crippen molar-refractivity contribution in [2.24, 2.45) is 0 Å². The average molecular weight is 442 g/mol. The highest BCUT2D eigenvalue weighted by atomic mass is 35.5. The normalized spacial score (nSPS) is 26.1. The third kappa shape index (κ3) is 4.26. The minimum atomic E-state index is -4.58. The van der Waals surface area contributed by atoms with Crippen molar-refractivity contribution >= 4 is 21.6 Å². The maximum absolute atomic E-state index is 13.3. The molecule has 2 atom stereocenters. The first-order chi connectivity index (χ1) is 12.9. The Labute approximate surface area is 164 Å². The molecule has 2 aliphatic rings. The Bertz CT molecular complexity index is 884. The van der Waals surface area contributed by atoms with Crippen LogP contribution in [0.4, 0.5) is 22.0 Å². The first-order valence-electron chi connectivity index (χ1n) is 8.49. The van der Waals surface area contributed by atoms with Gasteiger partial charge in [0.2, 0.25) is 10.0 Å². The molecule has 0 aromatic heterocycles. The number of hydrogen-bond acceptors (Lipinski definition) is 2. The predicted molar refractivity (Wildman–Crippen MR) is 95.0 cm³/mol. The van der Waals surface area contributed by atoms with E-state index in [0.29, 0.717) is 0 Å². The second-order valence-electron chi connectivity index (χ2n) is 6.76. The van der Waals surface area contributed by atoms with Crippen molar-refractivity contribution in [2.75, 3.05) is 13.1 Å². The molecule has 0 amide bonds. The third-order valence-electron chi connectivity index (χ3n) is 4.88. The zero-order chi connectivity index (χ0) is 20.7. The van der Waals surface area contributed by atoms with Crippen molar-refractivity contribution in [3.63, 3.8) is 0 Å². The number of sulfonamides is 1. The van der Waals surface area contributed by atoms with Crippen molar-refractivity contribution in [2.45, 2.75) is 41.1 Å². The fourth-order valence-corrected chi connectivity index (χ4v) is 5.14. The third-order valence-corrected chi connectivity index (χ3v) is 7.19. The van der Waals surface area contributed by atoms with Crippen LogP contribution in [-0.4, -0.2) is 43.3 Å². The van der Waals surface area contributed by atoms with Crippen LogP contribution in [0.25, 0.3) is 0 Å². The molecule has 0 spiro atoms. The Hall–Kier alpha value is -1.45. The van der Waals surface area contributed by atoms with Gasteiger partial charge in [0.25, 0.3) is 5.92 Å². The van der Waals surface area contributed by atoms with Gasteiger partial charge in [-0.3, -0.25) is 0 Å². The van der Waals surface area contributed by atoms with Crippen LogP contribution in [0.5, 0.6) is 0 Å². The standard InChI is InChI=1S/C18H17ClF5NO2S/c19-15-3-1-2-14(18(22,23)24)16(15)12-4-6-13(7-5-12)28(26,27)25-10-8-17(20,21)9-11-25/h1-7,15-16H,8-11H2. The lowest BCUT2D eigenvalue weighted by Crippen LogP contribution is -2.42. The number of allylic oxidation sites excluding steroid dienone is 4. The average Bonchev–Trinajstić information content (AvgIpc) is 2.60. The van der Waals surface area contributed by atoms with Crippen LogP contribution in [0, 0.1) is 0 Å². The van der Waals surface area contributed by atoms with Crippen molar-refractivity contribution in [1.82, 2.24) is 4.31 Å². The predicted octanol–water partition coefficient (Wildman–Crippen LogP) is 4.86. The van der Waals surface area contributed by atoms with Gasteiger partial charge >= 0.3 is 6.18 Å². The van der Waals surface area contributed by atoms with Gasteiger partial charge in [0.15, 0.2) is 0 Å². The summed E-state index contributed by atoms with van der Waals surface area (Å²) in [6.07, 6.45) is -2.09. The zero-order valence-electron chi connectivity index (χ0n) is 14.5. The first-order valence-corrected chi connectivity index (χ1v) is 10.4. The van der Waals surface area contributed by atoms with Crippen LogP contribution in [0.3, 0.4) is 0 Å². The van der Waals surface area contributed by atoms with E-state index in [1.165, 1.54) is 36.4 Å². The van der Waals surface area contributed by atoms with Gasteiger partial charge in [-0.2, -0.15) is 17.5 Å². The van der Waals surface area contributed by atoms with Gasteiger partial charge in [0.1, 0.15) is 0 Å². The van der Waals surface area contributed by atoms with E-state index in [1.54, 1.807) is 0 Å². The fourth-order valence-electron chi connectivity index (χ4n) is 3.34. The van der Waals surface area contributed by atoms with Crippen LogP contribution in [0.1, 0.15) is 24.3 Å². The summed E-state index contributed by atoms with van der Waals surface area (Å²) < 4.78 is 92.6. The lowest BCUT2D eigenvalue weighted by molar-refractivity contribution is -0.0959. The molecule has 1 heterocycles. The molecular formula is C18H17ClF5NO2S. The van der Waals surface area contributed by atoms with E-state index in [9.17, 15) is 30.4 Å². The van der Waals surface area contributed by atoms with Gasteiger partial charge in [-0.05, 0) is 17.7 Å². The van der Waals surface area contributed by atoms with Crippen LogP contribution < -0.4 is 0 Å². The largest absolute Gasteiger partial charge is 0.413 e. The molecule has 0 N–H and O–H groups in total. The van der Waals surface area contributed by atoms with Crippen LogP contribution in [0.2, 0.25) is 0 Å². The molecule has 28 heavy (non-hydrogen) atoms. The van der Waals surface area contributed by atoms with E-state index in [-0.39, 0.29) is 23.5 Å². The van der Waals surface area contributed by atoms with Crippen LogP contribution in [-0.2, 0) is 10.0 Å². The molecule has 0 radical (unpaired) electrons. The Morgan fingerprint density at radius 2 is 1.64 bits per heavy atom. The molecule has 2 unspecified atom stereocenters. The lowest BCUT2D eigenvalue weighted by Gasteiger charge is -2.31. The van der Waals surface area contributed by atoms with Crippen LogP contribution in [0.15, 0.2) is 53.0 Å². The summed E-state index contributed by atoms with van der Waals surface area (Å²) in [6.45, 7) is -0.621. The summed E-state index contributed by atoms with van der Waals surface area (Å²) >= 11 is 6.07. The lowest BCUT2D eigenvalue weighted by atomic mass is 9.84. The number of alkyl halides is 6. The van der Waals surface area contributed by atoms with E-state index < -0.39 is 51.8 Å². The quantitative estimate of drug-likeness (QED) is 0.496. The highest BCUT2D eigenvalue weighted by molar-refractivity contribution is 7.89. The molecule has 154 valence electrons. The second kappa shape index (κ2) is 7.42. The molecular weight excluding hydrogens is 425 g/mol. The topological polar surface area (TPSA) is 37.4 Å². The van der Waals surface area contributed by atoms with Crippen LogP contribution >= 0.6 is 11.6 Å². The van der Waals surface area contributed by atoms with E-state index in [0.717, 1.165) is 10.4 Å². The Kier molecular flexibility index (Phi) is 5.64. The van der Waals surface area contributed by atoms with E-state index >= 15 is 0 Å². The minimum Gasteiger partial charge on any atom is -0.207 e. The maximum Gasteiger partial charge on any atom is 0.413 e. The van der Waals surface area contributed by atoms with Crippen molar-refractivity contribution in [3.05, 3.63) is 53.6 Å². The zero-order valence-corrected chi connectivity index (χ0v) is 16.0. The molecule has 1 aromatic rings. The Morgan fingerprint density at radius 1 is 1.07 bits per heavy atom. The molecule has 0 bridgehead atoms. The molecule has 3 nitrogen and oxygen atoms in total. The molecule has 1 aliphatic heterocycles. The number of benzene rings is 1. The number of rotatable bonds is 3. The minimum absolute atomic E-state index is 0.156. The summed E-state index contributed by atoms with van der Waals surface area (Å²) in [7, 11) is -4.00. The molecule has 1 saturated heterocycles. The Balaban J connectivity index is 1.85. The highest BCUT2D eigenvalue weighted by Gasteiger charge is 2.43. The monoisotopic (exact) mass is 441 g/mol. The first kappa shape index (κ1) is 21.3. The summed E-state index contributed by atoms with van der Waals surface area (Å²) in [6, 6.07) is 4.94. The smallest absolute Gasteiger partial charge is 0.207 e. The molecule has 1 fully saturated rings. The number of halogens is 6. The summed E-state index contributed by atoms with van der Waals surface area (Å²) in [5, 5.41) is -0.937.